The minimum absolute atomic E-state index is 0.000800. The Bertz CT molecular complexity index is 378. The molecule has 1 rings (SSSR count). The fourth-order valence-corrected chi connectivity index (χ4v) is 4.40. The number of carbonyl (C=O) groups excluding carboxylic acids is 1. The van der Waals surface area contributed by atoms with E-state index in [4.69, 9.17) is 9.47 Å². The molecule has 4 heteroatoms. The Labute approximate surface area is 181 Å². The maximum absolute atomic E-state index is 12.0. The molecule has 1 saturated heterocycles. The zero-order valence-corrected chi connectivity index (χ0v) is 19.8. The summed E-state index contributed by atoms with van der Waals surface area (Å²) in [7, 11) is 1.80. The van der Waals surface area contributed by atoms with Gasteiger partial charge in [-0.05, 0) is 44.6 Å². The monoisotopic (exact) mass is 411 g/mol. The van der Waals surface area contributed by atoms with Crippen molar-refractivity contribution in [3.05, 3.63) is 0 Å². The first kappa shape index (κ1) is 26.4. The first-order valence-electron chi connectivity index (χ1n) is 12.6. The summed E-state index contributed by atoms with van der Waals surface area (Å²) in [6.07, 6.45) is 18.4. The van der Waals surface area contributed by atoms with Crippen LogP contribution in [0.2, 0.25) is 0 Å². The lowest BCUT2D eigenvalue weighted by Gasteiger charge is -2.17. The van der Waals surface area contributed by atoms with E-state index in [9.17, 15) is 4.79 Å². The maximum atomic E-state index is 12.0. The van der Waals surface area contributed by atoms with Crippen LogP contribution < -0.4 is 0 Å². The van der Waals surface area contributed by atoms with E-state index < -0.39 is 0 Å². The van der Waals surface area contributed by atoms with Crippen molar-refractivity contribution in [2.24, 2.45) is 5.92 Å². The van der Waals surface area contributed by atoms with Crippen LogP contribution in [0.3, 0.4) is 0 Å². The quantitative estimate of drug-likeness (QED) is 0.183. The van der Waals surface area contributed by atoms with Gasteiger partial charge in [0.25, 0.3) is 0 Å². The second-order valence-electron chi connectivity index (χ2n) is 8.98. The number of methoxy groups -OCH3 is 1. The topological polar surface area (TPSA) is 38.8 Å². The molecule has 1 aliphatic heterocycles. The third-order valence-corrected chi connectivity index (χ3v) is 6.37. The molecule has 0 bridgehead atoms. The number of likely N-dealkylation sites (tertiary alicyclic amines) is 1. The fourth-order valence-electron chi connectivity index (χ4n) is 4.40. The van der Waals surface area contributed by atoms with Gasteiger partial charge in [0.1, 0.15) is 0 Å². The summed E-state index contributed by atoms with van der Waals surface area (Å²) >= 11 is 0. The average molecular weight is 412 g/mol. The number of hydrogen-bond donors (Lipinski definition) is 0. The summed E-state index contributed by atoms with van der Waals surface area (Å²) in [4.78, 5) is 14.4. The normalized spacial score (nSPS) is 17.3. The Morgan fingerprint density at radius 3 is 2.24 bits per heavy atom. The molecule has 0 spiro atoms. The predicted octanol–water partition coefficient (Wildman–Crippen LogP) is 6.37. The number of unbranched alkanes of at least 4 members (excludes halogenated alkanes) is 6. The van der Waals surface area contributed by atoms with E-state index in [1.807, 2.05) is 0 Å². The van der Waals surface area contributed by atoms with Crippen molar-refractivity contribution in [3.63, 3.8) is 0 Å². The Balaban J connectivity index is 2.00. The van der Waals surface area contributed by atoms with Crippen LogP contribution >= 0.6 is 0 Å². The highest BCUT2D eigenvalue weighted by Gasteiger charge is 2.21. The van der Waals surface area contributed by atoms with E-state index in [1.165, 1.54) is 64.2 Å². The average Bonchev–Trinajstić information content (AvgIpc) is 3.19. The highest BCUT2D eigenvalue weighted by Crippen LogP contribution is 2.22. The molecule has 1 heterocycles. The molecule has 1 unspecified atom stereocenters. The minimum Gasteiger partial charge on any atom is -0.466 e. The number of esters is 1. The SMILES string of the molecule is CCCCCC(CCCCC)CCCOC(=O)CCCCCN1CCC(OC)C1. The first-order valence-corrected chi connectivity index (χ1v) is 12.6. The number of nitrogens with zero attached hydrogens (tertiary/aromatic N) is 1. The summed E-state index contributed by atoms with van der Waals surface area (Å²) in [5.74, 6) is 0.828. The fraction of sp³-hybridized carbons (Fsp3) is 0.960. The van der Waals surface area contributed by atoms with Crippen molar-refractivity contribution in [2.75, 3.05) is 33.4 Å². The van der Waals surface area contributed by atoms with Crippen molar-refractivity contribution in [1.82, 2.24) is 4.90 Å². The maximum Gasteiger partial charge on any atom is 0.305 e. The summed E-state index contributed by atoms with van der Waals surface area (Å²) in [6.45, 7) is 8.51. The molecular formula is C25H49NO3. The van der Waals surface area contributed by atoms with Gasteiger partial charge in [-0.1, -0.05) is 71.6 Å². The molecule has 0 aromatic carbocycles. The molecule has 1 atom stereocenters. The van der Waals surface area contributed by atoms with E-state index in [2.05, 4.69) is 18.7 Å². The van der Waals surface area contributed by atoms with Crippen LogP contribution in [0.15, 0.2) is 0 Å². The summed E-state index contributed by atoms with van der Waals surface area (Å²) in [5, 5.41) is 0. The largest absolute Gasteiger partial charge is 0.466 e. The van der Waals surface area contributed by atoms with E-state index in [1.54, 1.807) is 7.11 Å². The summed E-state index contributed by atoms with van der Waals surface area (Å²) in [5.41, 5.74) is 0. The van der Waals surface area contributed by atoms with Crippen LogP contribution in [0.25, 0.3) is 0 Å². The zero-order chi connectivity index (χ0) is 21.2. The first-order chi connectivity index (χ1) is 14.2. The lowest BCUT2D eigenvalue weighted by molar-refractivity contribution is -0.144. The molecule has 0 aromatic heterocycles. The number of hydrogen-bond acceptors (Lipinski definition) is 4. The van der Waals surface area contributed by atoms with Crippen molar-refractivity contribution in [2.45, 2.75) is 116 Å². The van der Waals surface area contributed by atoms with Gasteiger partial charge in [0.05, 0.1) is 12.7 Å². The van der Waals surface area contributed by atoms with Crippen LogP contribution in [0.4, 0.5) is 0 Å². The number of carbonyl (C=O) groups is 1. The van der Waals surface area contributed by atoms with E-state index in [-0.39, 0.29) is 5.97 Å². The number of rotatable bonds is 19. The molecule has 29 heavy (non-hydrogen) atoms. The molecular weight excluding hydrogens is 362 g/mol. The van der Waals surface area contributed by atoms with Gasteiger partial charge in [0.15, 0.2) is 0 Å². The molecule has 0 saturated carbocycles. The Hall–Kier alpha value is -0.610. The van der Waals surface area contributed by atoms with Gasteiger partial charge in [-0.15, -0.1) is 0 Å². The van der Waals surface area contributed by atoms with Gasteiger partial charge < -0.3 is 14.4 Å². The van der Waals surface area contributed by atoms with Gasteiger partial charge in [-0.2, -0.15) is 0 Å². The van der Waals surface area contributed by atoms with Crippen molar-refractivity contribution >= 4 is 5.97 Å². The van der Waals surface area contributed by atoms with E-state index in [0.29, 0.717) is 19.1 Å². The Morgan fingerprint density at radius 1 is 0.931 bits per heavy atom. The summed E-state index contributed by atoms with van der Waals surface area (Å²) in [6, 6.07) is 0. The highest BCUT2D eigenvalue weighted by atomic mass is 16.5. The molecule has 0 amide bonds. The molecule has 0 N–H and O–H groups in total. The zero-order valence-electron chi connectivity index (χ0n) is 19.8. The van der Waals surface area contributed by atoms with Gasteiger partial charge in [0.2, 0.25) is 0 Å². The molecule has 172 valence electrons. The van der Waals surface area contributed by atoms with Crippen LogP contribution in [-0.4, -0.2) is 50.3 Å². The predicted molar refractivity (Wildman–Crippen MR) is 122 cm³/mol. The van der Waals surface area contributed by atoms with Crippen LogP contribution in [0.5, 0.6) is 0 Å². The second-order valence-corrected chi connectivity index (χ2v) is 8.98. The van der Waals surface area contributed by atoms with E-state index >= 15 is 0 Å². The second kappa shape index (κ2) is 18.2. The highest BCUT2D eigenvalue weighted by molar-refractivity contribution is 5.69. The molecule has 1 fully saturated rings. The minimum atomic E-state index is -0.000800. The van der Waals surface area contributed by atoms with Crippen molar-refractivity contribution in [3.8, 4) is 0 Å². The molecule has 0 radical (unpaired) electrons. The lowest BCUT2D eigenvalue weighted by atomic mass is 9.91. The third kappa shape index (κ3) is 14.1. The third-order valence-electron chi connectivity index (χ3n) is 6.37. The lowest BCUT2D eigenvalue weighted by Crippen LogP contribution is -2.23. The molecule has 4 nitrogen and oxygen atoms in total. The van der Waals surface area contributed by atoms with Gasteiger partial charge >= 0.3 is 5.97 Å². The molecule has 0 aliphatic carbocycles. The van der Waals surface area contributed by atoms with Crippen molar-refractivity contribution in [1.29, 1.82) is 0 Å². The van der Waals surface area contributed by atoms with Crippen molar-refractivity contribution < 1.29 is 14.3 Å². The molecule has 1 aliphatic rings. The van der Waals surface area contributed by atoms with Gasteiger partial charge in [0, 0.05) is 26.6 Å². The Kier molecular flexibility index (Phi) is 16.6. The van der Waals surface area contributed by atoms with E-state index in [0.717, 1.165) is 51.2 Å². The van der Waals surface area contributed by atoms with Crippen LogP contribution in [0.1, 0.15) is 110 Å². The Morgan fingerprint density at radius 2 is 1.62 bits per heavy atom. The van der Waals surface area contributed by atoms with Gasteiger partial charge in [-0.25, -0.2) is 0 Å². The van der Waals surface area contributed by atoms with Crippen LogP contribution in [-0.2, 0) is 14.3 Å². The number of ether oxygens (including phenoxy) is 2. The molecule has 0 aromatic rings. The van der Waals surface area contributed by atoms with Gasteiger partial charge in [-0.3, -0.25) is 4.79 Å². The van der Waals surface area contributed by atoms with Crippen LogP contribution in [0, 0.1) is 5.92 Å². The smallest absolute Gasteiger partial charge is 0.305 e. The summed E-state index contributed by atoms with van der Waals surface area (Å²) < 4.78 is 10.9. The standard InChI is InChI=1S/C25H49NO3/c1-4-6-9-14-23(15-10-7-5-2)16-13-21-29-25(27)17-11-8-12-19-26-20-18-24(22-26)28-3/h23-24H,4-22H2,1-3H3.